The van der Waals surface area contributed by atoms with Crippen molar-refractivity contribution in [2.24, 2.45) is 0 Å². The molecule has 5 rings (SSSR count). The lowest BCUT2D eigenvalue weighted by Gasteiger charge is -2.01. The Kier molecular flexibility index (Phi) is 3.58. The molecule has 1 N–H and O–H groups in total. The van der Waals surface area contributed by atoms with E-state index in [4.69, 9.17) is 18.3 Å². The third-order valence-electron chi connectivity index (χ3n) is 4.15. The summed E-state index contributed by atoms with van der Waals surface area (Å²) in [6, 6.07) is 13.3. The quantitative estimate of drug-likeness (QED) is 0.542. The Labute approximate surface area is 156 Å². The molecule has 0 saturated carbocycles. The number of fused-ring (bicyclic) bond motifs is 2. The normalized spacial score (nSPS) is 12.3. The van der Waals surface area contributed by atoms with Gasteiger partial charge in [0.25, 0.3) is 5.91 Å². The number of hydrogen-bond acceptors (Lipinski definition) is 8. The largest absolute Gasteiger partial charge is 0.454 e. The van der Waals surface area contributed by atoms with Crippen molar-refractivity contribution in [3.63, 3.8) is 0 Å². The molecule has 4 aromatic rings. The number of rotatable bonds is 3. The number of hydrogen-bond donors (Lipinski definition) is 1. The van der Waals surface area contributed by atoms with Gasteiger partial charge in [-0.25, -0.2) is 4.79 Å². The van der Waals surface area contributed by atoms with Gasteiger partial charge in [0.2, 0.25) is 12.7 Å². The van der Waals surface area contributed by atoms with Crippen molar-refractivity contribution in [2.45, 2.75) is 0 Å². The van der Waals surface area contributed by atoms with Crippen LogP contribution >= 0.6 is 0 Å². The van der Waals surface area contributed by atoms with Gasteiger partial charge in [-0.2, -0.15) is 0 Å². The Hall–Kier alpha value is -4.14. The summed E-state index contributed by atoms with van der Waals surface area (Å²) in [6.45, 7) is 0.151. The summed E-state index contributed by atoms with van der Waals surface area (Å²) in [5, 5.41) is 10.7. The molecule has 1 amide bonds. The predicted molar refractivity (Wildman–Crippen MR) is 96.3 cm³/mol. The molecule has 9 heteroatoms. The fraction of sp³-hybridized carbons (Fsp3) is 0.0526. The minimum Gasteiger partial charge on any atom is -0.454 e. The van der Waals surface area contributed by atoms with Crippen molar-refractivity contribution in [3.8, 4) is 23.0 Å². The minimum absolute atomic E-state index is 0.148. The molecule has 9 nitrogen and oxygen atoms in total. The van der Waals surface area contributed by atoms with Gasteiger partial charge in [0.15, 0.2) is 11.5 Å². The lowest BCUT2D eigenvalue weighted by Crippen LogP contribution is -2.20. The summed E-state index contributed by atoms with van der Waals surface area (Å²) in [7, 11) is 0. The number of ether oxygens (including phenoxy) is 2. The molecule has 1 aliphatic rings. The first-order chi connectivity index (χ1) is 13.7. The first-order valence-electron chi connectivity index (χ1n) is 8.25. The lowest BCUT2D eigenvalue weighted by molar-refractivity contribution is 0.102. The summed E-state index contributed by atoms with van der Waals surface area (Å²) in [6.07, 6.45) is 0. The van der Waals surface area contributed by atoms with Gasteiger partial charge in [-0.05, 0) is 30.3 Å². The monoisotopic (exact) mass is 377 g/mol. The van der Waals surface area contributed by atoms with E-state index in [-0.39, 0.29) is 24.3 Å². The van der Waals surface area contributed by atoms with Gasteiger partial charge < -0.3 is 18.3 Å². The second-order valence-electron chi connectivity index (χ2n) is 5.92. The third kappa shape index (κ3) is 2.75. The second kappa shape index (κ2) is 6.23. The van der Waals surface area contributed by atoms with E-state index < -0.39 is 11.5 Å². The van der Waals surface area contributed by atoms with Crippen LogP contribution in [0.5, 0.6) is 11.5 Å². The van der Waals surface area contributed by atoms with Crippen molar-refractivity contribution in [1.29, 1.82) is 0 Å². The average Bonchev–Trinajstić information content (AvgIpc) is 3.36. The van der Waals surface area contributed by atoms with E-state index in [1.165, 1.54) is 6.07 Å². The van der Waals surface area contributed by atoms with Crippen LogP contribution in [0.4, 0.5) is 6.01 Å². The highest BCUT2D eigenvalue weighted by atomic mass is 16.7. The Bertz CT molecular complexity index is 1280. The third-order valence-corrected chi connectivity index (χ3v) is 4.15. The summed E-state index contributed by atoms with van der Waals surface area (Å²) in [5.74, 6) is 0.661. The SMILES string of the molecule is O=C(Nc1nnc(-c2ccc3c(c2)OCO3)o1)c1cc2ccccc2oc1=O. The van der Waals surface area contributed by atoms with Crippen LogP contribution in [-0.4, -0.2) is 22.9 Å². The van der Waals surface area contributed by atoms with E-state index >= 15 is 0 Å². The fourth-order valence-electron chi connectivity index (χ4n) is 2.80. The standard InChI is InChI=1S/C19H11N3O6/c23-16(12-7-10-3-1-2-4-13(10)27-18(12)24)20-19-22-21-17(28-19)11-5-6-14-15(8-11)26-9-25-14/h1-8H,9H2,(H,20,22,23). The zero-order chi connectivity index (χ0) is 19.1. The number of benzene rings is 2. The van der Waals surface area contributed by atoms with Gasteiger partial charge in [-0.15, -0.1) is 5.10 Å². The topological polar surface area (TPSA) is 117 Å². The van der Waals surface area contributed by atoms with Crippen LogP contribution in [0.1, 0.15) is 10.4 Å². The number of carbonyl (C=O) groups is 1. The number of carbonyl (C=O) groups excluding carboxylic acids is 1. The summed E-state index contributed by atoms with van der Waals surface area (Å²) in [4.78, 5) is 24.5. The summed E-state index contributed by atoms with van der Waals surface area (Å²) >= 11 is 0. The van der Waals surface area contributed by atoms with Crippen molar-refractivity contribution in [1.82, 2.24) is 10.2 Å². The van der Waals surface area contributed by atoms with Gasteiger partial charge in [-0.1, -0.05) is 23.3 Å². The molecule has 2 aromatic heterocycles. The van der Waals surface area contributed by atoms with Crippen LogP contribution in [0, 0.1) is 0 Å². The number of nitrogens with one attached hydrogen (secondary N) is 1. The maximum atomic E-state index is 12.4. The lowest BCUT2D eigenvalue weighted by atomic mass is 10.2. The minimum atomic E-state index is -0.758. The molecular formula is C19H11N3O6. The number of nitrogens with zero attached hydrogens (tertiary/aromatic N) is 2. The Morgan fingerprint density at radius 3 is 2.75 bits per heavy atom. The van der Waals surface area contributed by atoms with E-state index in [9.17, 15) is 9.59 Å². The van der Waals surface area contributed by atoms with E-state index in [1.54, 1.807) is 42.5 Å². The first kappa shape index (κ1) is 16.1. The molecule has 2 aromatic carbocycles. The van der Waals surface area contributed by atoms with Crippen LogP contribution in [0.2, 0.25) is 0 Å². The fourth-order valence-corrected chi connectivity index (χ4v) is 2.80. The molecule has 0 spiro atoms. The van der Waals surface area contributed by atoms with Crippen LogP contribution in [0.25, 0.3) is 22.4 Å². The summed E-state index contributed by atoms with van der Waals surface area (Å²) < 4.78 is 21.2. The van der Waals surface area contributed by atoms with Crippen molar-refractivity contribution in [3.05, 3.63) is 64.5 Å². The van der Waals surface area contributed by atoms with Crippen molar-refractivity contribution < 1.29 is 23.1 Å². The van der Waals surface area contributed by atoms with Crippen molar-refractivity contribution in [2.75, 3.05) is 12.1 Å². The van der Waals surface area contributed by atoms with Gasteiger partial charge in [0.1, 0.15) is 11.1 Å². The molecule has 0 saturated heterocycles. The number of anilines is 1. The van der Waals surface area contributed by atoms with E-state index in [0.29, 0.717) is 28.0 Å². The van der Waals surface area contributed by atoms with Gasteiger partial charge >= 0.3 is 11.6 Å². The van der Waals surface area contributed by atoms with Crippen LogP contribution in [0.15, 0.2) is 62.2 Å². The van der Waals surface area contributed by atoms with Crippen molar-refractivity contribution >= 4 is 22.9 Å². The Morgan fingerprint density at radius 2 is 1.82 bits per heavy atom. The zero-order valence-corrected chi connectivity index (χ0v) is 14.2. The zero-order valence-electron chi connectivity index (χ0n) is 14.2. The van der Waals surface area contributed by atoms with Crippen LogP contribution in [0.3, 0.4) is 0 Å². The highest BCUT2D eigenvalue weighted by molar-refractivity contribution is 6.04. The Morgan fingerprint density at radius 1 is 0.964 bits per heavy atom. The van der Waals surface area contributed by atoms with Gasteiger partial charge in [-0.3, -0.25) is 10.1 Å². The maximum absolute atomic E-state index is 12.4. The molecule has 0 aliphatic carbocycles. The Balaban J connectivity index is 1.41. The smallest absolute Gasteiger partial charge is 0.349 e. The number of amides is 1. The molecule has 0 fully saturated rings. The molecule has 28 heavy (non-hydrogen) atoms. The molecule has 0 atom stereocenters. The molecule has 0 unspecified atom stereocenters. The summed E-state index contributed by atoms with van der Waals surface area (Å²) in [5.41, 5.74) is 0.0719. The van der Waals surface area contributed by atoms with E-state index in [1.807, 2.05) is 0 Å². The first-order valence-corrected chi connectivity index (χ1v) is 8.25. The molecule has 3 heterocycles. The average molecular weight is 377 g/mol. The highest BCUT2D eigenvalue weighted by Gasteiger charge is 2.19. The van der Waals surface area contributed by atoms with E-state index in [2.05, 4.69) is 15.5 Å². The van der Waals surface area contributed by atoms with Crippen LogP contribution in [-0.2, 0) is 0 Å². The van der Waals surface area contributed by atoms with Gasteiger partial charge in [0.05, 0.1) is 0 Å². The number of para-hydroxylation sites is 1. The molecular weight excluding hydrogens is 366 g/mol. The molecule has 0 bridgehead atoms. The van der Waals surface area contributed by atoms with Gasteiger partial charge in [0, 0.05) is 10.9 Å². The molecule has 0 radical (unpaired) electrons. The molecule has 1 aliphatic heterocycles. The van der Waals surface area contributed by atoms with Crippen LogP contribution < -0.4 is 20.4 Å². The maximum Gasteiger partial charge on any atom is 0.349 e. The number of aromatic nitrogens is 2. The second-order valence-corrected chi connectivity index (χ2v) is 5.92. The predicted octanol–water partition coefficient (Wildman–Crippen LogP) is 2.82. The van der Waals surface area contributed by atoms with E-state index in [0.717, 1.165) is 0 Å². The molecule has 138 valence electrons. The highest BCUT2D eigenvalue weighted by Crippen LogP contribution is 2.35.